The summed E-state index contributed by atoms with van der Waals surface area (Å²) in [5, 5.41) is 2.84. The Morgan fingerprint density at radius 3 is 2.92 bits per heavy atom. The highest BCUT2D eigenvalue weighted by Gasteiger charge is 2.29. The SMILES string of the molecule is CC(C)n1cncc1C1CC(=O)N1. The molecule has 1 aliphatic rings. The molecule has 2 heterocycles. The molecular formula is C9H13N3O. The third-order valence-electron chi connectivity index (χ3n) is 2.33. The fraction of sp³-hybridized carbons (Fsp3) is 0.556. The van der Waals surface area contributed by atoms with Crippen molar-refractivity contribution < 1.29 is 4.79 Å². The lowest BCUT2D eigenvalue weighted by atomic mass is 10.0. The molecule has 1 aromatic rings. The number of carbonyl (C=O) groups is 1. The minimum Gasteiger partial charge on any atom is -0.347 e. The number of hydrogen-bond donors (Lipinski definition) is 1. The highest BCUT2D eigenvalue weighted by atomic mass is 16.2. The Kier molecular flexibility index (Phi) is 1.83. The first kappa shape index (κ1) is 8.29. The van der Waals surface area contributed by atoms with Gasteiger partial charge in [-0.2, -0.15) is 0 Å². The molecule has 1 atom stereocenters. The van der Waals surface area contributed by atoms with Crippen LogP contribution in [-0.2, 0) is 4.79 Å². The molecule has 0 saturated carbocycles. The molecule has 4 heteroatoms. The number of β-lactam (4-membered cyclic amide) rings is 1. The van der Waals surface area contributed by atoms with Crippen LogP contribution in [0.2, 0.25) is 0 Å². The van der Waals surface area contributed by atoms with Crippen molar-refractivity contribution in [3.05, 3.63) is 18.2 Å². The largest absolute Gasteiger partial charge is 0.347 e. The zero-order valence-electron chi connectivity index (χ0n) is 7.82. The van der Waals surface area contributed by atoms with Crippen LogP contribution in [0.25, 0.3) is 0 Å². The lowest BCUT2D eigenvalue weighted by Crippen LogP contribution is -2.42. The van der Waals surface area contributed by atoms with Gasteiger partial charge in [0, 0.05) is 6.04 Å². The van der Waals surface area contributed by atoms with Crippen molar-refractivity contribution in [1.82, 2.24) is 14.9 Å². The zero-order valence-corrected chi connectivity index (χ0v) is 7.82. The molecule has 0 aliphatic carbocycles. The molecule has 1 N–H and O–H groups in total. The first-order valence-electron chi connectivity index (χ1n) is 4.49. The van der Waals surface area contributed by atoms with E-state index in [1.807, 2.05) is 12.5 Å². The molecule has 1 saturated heterocycles. The van der Waals surface area contributed by atoms with Gasteiger partial charge >= 0.3 is 0 Å². The van der Waals surface area contributed by atoms with Gasteiger partial charge < -0.3 is 9.88 Å². The summed E-state index contributed by atoms with van der Waals surface area (Å²) in [6.45, 7) is 4.21. The van der Waals surface area contributed by atoms with Crippen LogP contribution < -0.4 is 5.32 Å². The highest BCUT2D eigenvalue weighted by molar-refractivity contribution is 5.83. The van der Waals surface area contributed by atoms with E-state index < -0.39 is 0 Å². The van der Waals surface area contributed by atoms with Crippen LogP contribution in [0.4, 0.5) is 0 Å². The van der Waals surface area contributed by atoms with E-state index >= 15 is 0 Å². The van der Waals surface area contributed by atoms with Gasteiger partial charge in [-0.1, -0.05) is 0 Å². The van der Waals surface area contributed by atoms with E-state index in [0.29, 0.717) is 12.5 Å². The van der Waals surface area contributed by atoms with E-state index in [0.717, 1.165) is 5.69 Å². The van der Waals surface area contributed by atoms with Crippen LogP contribution in [0.1, 0.15) is 38.0 Å². The molecule has 1 aromatic heterocycles. The topological polar surface area (TPSA) is 46.9 Å². The Bertz CT molecular complexity index is 321. The third-order valence-corrected chi connectivity index (χ3v) is 2.33. The van der Waals surface area contributed by atoms with Gasteiger partial charge in [-0.05, 0) is 13.8 Å². The summed E-state index contributed by atoms with van der Waals surface area (Å²) < 4.78 is 2.09. The number of amides is 1. The maximum atomic E-state index is 10.7. The van der Waals surface area contributed by atoms with Crippen LogP contribution in [0.15, 0.2) is 12.5 Å². The van der Waals surface area contributed by atoms with Gasteiger partial charge in [0.25, 0.3) is 0 Å². The Balaban J connectivity index is 2.20. The summed E-state index contributed by atoms with van der Waals surface area (Å²) >= 11 is 0. The van der Waals surface area contributed by atoms with E-state index in [-0.39, 0.29) is 11.9 Å². The minimum atomic E-state index is 0.126. The third kappa shape index (κ3) is 1.32. The van der Waals surface area contributed by atoms with Crippen LogP contribution in [0.5, 0.6) is 0 Å². The second-order valence-electron chi connectivity index (χ2n) is 3.64. The van der Waals surface area contributed by atoms with Gasteiger partial charge in [-0.15, -0.1) is 0 Å². The van der Waals surface area contributed by atoms with E-state index in [1.165, 1.54) is 0 Å². The average molecular weight is 179 g/mol. The molecule has 13 heavy (non-hydrogen) atoms. The van der Waals surface area contributed by atoms with Gasteiger partial charge in [0.2, 0.25) is 5.91 Å². The second kappa shape index (κ2) is 2.87. The molecule has 1 amide bonds. The Morgan fingerprint density at radius 2 is 2.38 bits per heavy atom. The van der Waals surface area contributed by atoms with Crippen molar-refractivity contribution in [2.75, 3.05) is 0 Å². The number of nitrogens with one attached hydrogen (secondary N) is 1. The van der Waals surface area contributed by atoms with Crippen LogP contribution in [-0.4, -0.2) is 15.5 Å². The lowest BCUT2D eigenvalue weighted by Gasteiger charge is -2.28. The van der Waals surface area contributed by atoms with E-state index in [1.54, 1.807) is 0 Å². The lowest BCUT2D eigenvalue weighted by molar-refractivity contribution is -0.128. The van der Waals surface area contributed by atoms with Crippen molar-refractivity contribution in [3.63, 3.8) is 0 Å². The first-order valence-corrected chi connectivity index (χ1v) is 4.49. The van der Waals surface area contributed by atoms with Crippen molar-refractivity contribution >= 4 is 5.91 Å². The molecule has 0 radical (unpaired) electrons. The quantitative estimate of drug-likeness (QED) is 0.689. The summed E-state index contributed by atoms with van der Waals surface area (Å²) in [5.41, 5.74) is 1.11. The molecule has 0 aromatic carbocycles. The fourth-order valence-corrected chi connectivity index (χ4v) is 1.55. The van der Waals surface area contributed by atoms with Gasteiger partial charge in [0.05, 0.1) is 30.7 Å². The number of carbonyl (C=O) groups excluding carboxylic acids is 1. The number of rotatable bonds is 2. The van der Waals surface area contributed by atoms with Gasteiger partial charge in [-0.3, -0.25) is 4.79 Å². The Morgan fingerprint density at radius 1 is 1.69 bits per heavy atom. The molecule has 4 nitrogen and oxygen atoms in total. The average Bonchev–Trinajstić information content (AvgIpc) is 2.45. The minimum absolute atomic E-state index is 0.126. The fourth-order valence-electron chi connectivity index (χ4n) is 1.55. The number of aromatic nitrogens is 2. The molecule has 1 aliphatic heterocycles. The Labute approximate surface area is 77.0 Å². The first-order chi connectivity index (χ1) is 6.18. The predicted octanol–water partition coefficient (Wildman–Crippen LogP) is 1.02. The summed E-state index contributed by atoms with van der Waals surface area (Å²) in [6, 6.07) is 0.576. The molecule has 70 valence electrons. The van der Waals surface area contributed by atoms with Crippen molar-refractivity contribution in [3.8, 4) is 0 Å². The van der Waals surface area contributed by atoms with Gasteiger partial charge in [0.15, 0.2) is 0 Å². The highest BCUT2D eigenvalue weighted by Crippen LogP contribution is 2.25. The summed E-state index contributed by atoms with van der Waals surface area (Å²) in [4.78, 5) is 14.8. The van der Waals surface area contributed by atoms with E-state index in [9.17, 15) is 4.79 Å². The maximum Gasteiger partial charge on any atom is 0.223 e. The zero-order chi connectivity index (χ0) is 9.42. The smallest absolute Gasteiger partial charge is 0.223 e. The van der Waals surface area contributed by atoms with Crippen LogP contribution in [0, 0.1) is 0 Å². The molecule has 1 fully saturated rings. The van der Waals surface area contributed by atoms with Crippen molar-refractivity contribution in [2.24, 2.45) is 0 Å². The van der Waals surface area contributed by atoms with E-state index in [2.05, 4.69) is 28.7 Å². The second-order valence-corrected chi connectivity index (χ2v) is 3.64. The number of nitrogens with zero attached hydrogens (tertiary/aromatic N) is 2. The van der Waals surface area contributed by atoms with Gasteiger partial charge in [0.1, 0.15) is 0 Å². The Hall–Kier alpha value is -1.32. The summed E-state index contributed by atoms with van der Waals surface area (Å²) in [6.07, 6.45) is 4.23. The van der Waals surface area contributed by atoms with Crippen LogP contribution in [0.3, 0.4) is 0 Å². The van der Waals surface area contributed by atoms with Crippen molar-refractivity contribution in [2.45, 2.75) is 32.4 Å². The number of imidazole rings is 1. The molecular weight excluding hydrogens is 166 g/mol. The summed E-state index contributed by atoms with van der Waals surface area (Å²) in [7, 11) is 0. The van der Waals surface area contributed by atoms with Gasteiger partial charge in [-0.25, -0.2) is 4.98 Å². The molecule has 0 spiro atoms. The summed E-state index contributed by atoms with van der Waals surface area (Å²) in [5.74, 6) is 0.126. The van der Waals surface area contributed by atoms with E-state index in [4.69, 9.17) is 0 Å². The predicted molar refractivity (Wildman–Crippen MR) is 48.1 cm³/mol. The molecule has 0 bridgehead atoms. The molecule has 1 unspecified atom stereocenters. The normalized spacial score (nSPS) is 21.5. The van der Waals surface area contributed by atoms with Crippen LogP contribution >= 0.6 is 0 Å². The molecule has 2 rings (SSSR count). The standard InChI is InChI=1S/C9H13N3O/c1-6(2)12-5-10-4-8(12)7-3-9(13)11-7/h4-7H,3H2,1-2H3,(H,11,13). The maximum absolute atomic E-state index is 10.7. The number of hydrogen-bond acceptors (Lipinski definition) is 2. The monoisotopic (exact) mass is 179 g/mol. The van der Waals surface area contributed by atoms with Crippen molar-refractivity contribution in [1.29, 1.82) is 0 Å².